The van der Waals surface area contributed by atoms with Gasteiger partial charge in [0.2, 0.25) is 0 Å². The van der Waals surface area contributed by atoms with Gasteiger partial charge >= 0.3 is 0 Å². The van der Waals surface area contributed by atoms with Crippen molar-refractivity contribution < 1.29 is 4.79 Å². The number of hydrogen-bond donors (Lipinski definition) is 1. The molecule has 0 aliphatic heterocycles. The van der Waals surface area contributed by atoms with Gasteiger partial charge in [0.05, 0.1) is 12.7 Å². The highest BCUT2D eigenvalue weighted by Gasteiger charge is 2.08. The van der Waals surface area contributed by atoms with Crippen molar-refractivity contribution in [2.75, 3.05) is 0 Å². The number of imidazole rings is 1. The molecular formula is C14H16ClN3O. The molecule has 0 bridgehead atoms. The Kier molecular flexibility index (Phi) is 4.22. The van der Waals surface area contributed by atoms with Crippen molar-refractivity contribution in [3.05, 3.63) is 52.6 Å². The predicted molar refractivity (Wildman–Crippen MR) is 75.2 cm³/mol. The minimum atomic E-state index is -0.109. The van der Waals surface area contributed by atoms with E-state index in [2.05, 4.69) is 17.2 Å². The molecule has 5 heteroatoms. The number of carbonyl (C=O) groups excluding carboxylic acids is 1. The zero-order valence-corrected chi connectivity index (χ0v) is 11.7. The van der Waals surface area contributed by atoms with Gasteiger partial charge in [0.15, 0.2) is 0 Å². The smallest absolute Gasteiger partial charge is 0.251 e. The van der Waals surface area contributed by atoms with Crippen LogP contribution in [0.5, 0.6) is 0 Å². The Morgan fingerprint density at radius 3 is 2.58 bits per heavy atom. The molecule has 19 heavy (non-hydrogen) atoms. The van der Waals surface area contributed by atoms with Gasteiger partial charge < -0.3 is 9.88 Å². The monoisotopic (exact) mass is 277 g/mol. The molecule has 2 aromatic rings. The van der Waals surface area contributed by atoms with Crippen LogP contribution in [0.1, 0.15) is 28.7 Å². The summed E-state index contributed by atoms with van der Waals surface area (Å²) in [6.07, 6.45) is 2.53. The maximum absolute atomic E-state index is 12.0. The summed E-state index contributed by atoms with van der Waals surface area (Å²) in [6.45, 7) is 2.44. The molecule has 0 fully saturated rings. The lowest BCUT2D eigenvalue weighted by atomic mass is 10.1. The quantitative estimate of drug-likeness (QED) is 0.934. The van der Waals surface area contributed by atoms with Crippen LogP contribution in [0.15, 0.2) is 30.5 Å². The van der Waals surface area contributed by atoms with Crippen LogP contribution in [0.25, 0.3) is 0 Å². The van der Waals surface area contributed by atoms with Gasteiger partial charge in [0.25, 0.3) is 5.91 Å². The molecule has 1 aromatic carbocycles. The summed E-state index contributed by atoms with van der Waals surface area (Å²) in [5.41, 5.74) is 1.87. The average molecular weight is 278 g/mol. The lowest BCUT2D eigenvalue weighted by Crippen LogP contribution is -2.24. The zero-order valence-electron chi connectivity index (χ0n) is 11.0. The minimum Gasteiger partial charge on any atom is -0.345 e. The van der Waals surface area contributed by atoms with Gasteiger partial charge in [-0.05, 0) is 24.1 Å². The number of benzene rings is 1. The number of rotatable bonds is 4. The lowest BCUT2D eigenvalue weighted by molar-refractivity contribution is 0.0949. The Hall–Kier alpha value is -1.81. The molecular weight excluding hydrogens is 262 g/mol. The summed E-state index contributed by atoms with van der Waals surface area (Å²) in [6, 6.07) is 7.60. The van der Waals surface area contributed by atoms with Gasteiger partial charge in [0.1, 0.15) is 11.0 Å². The number of carbonyl (C=O) groups is 1. The average Bonchev–Trinajstić information content (AvgIpc) is 2.76. The molecule has 0 aliphatic rings. The van der Waals surface area contributed by atoms with E-state index in [0.29, 0.717) is 17.3 Å². The van der Waals surface area contributed by atoms with Crippen LogP contribution in [0.3, 0.4) is 0 Å². The maximum atomic E-state index is 12.0. The van der Waals surface area contributed by atoms with Crippen molar-refractivity contribution >= 4 is 17.5 Å². The van der Waals surface area contributed by atoms with Crippen LogP contribution in [0.4, 0.5) is 0 Å². The summed E-state index contributed by atoms with van der Waals surface area (Å²) in [5.74, 6) is 0.616. The molecule has 0 saturated carbocycles. The Bertz CT molecular complexity index is 575. The molecule has 0 aliphatic carbocycles. The molecule has 1 amide bonds. The van der Waals surface area contributed by atoms with E-state index in [9.17, 15) is 4.79 Å². The van der Waals surface area contributed by atoms with Crippen LogP contribution >= 0.6 is 11.6 Å². The number of hydrogen-bond acceptors (Lipinski definition) is 2. The molecule has 0 saturated heterocycles. The highest BCUT2D eigenvalue weighted by atomic mass is 35.5. The summed E-state index contributed by atoms with van der Waals surface area (Å²) in [5, 5.41) is 3.38. The predicted octanol–water partition coefficient (Wildman–Crippen LogP) is 2.57. The highest BCUT2D eigenvalue weighted by Crippen LogP contribution is 2.09. The molecule has 0 atom stereocenters. The van der Waals surface area contributed by atoms with Crippen LogP contribution in [-0.2, 0) is 20.0 Å². The van der Waals surface area contributed by atoms with Gasteiger partial charge in [-0.15, -0.1) is 0 Å². The van der Waals surface area contributed by atoms with E-state index in [0.717, 1.165) is 12.2 Å². The number of amides is 1. The Balaban J connectivity index is 1.99. The third kappa shape index (κ3) is 3.15. The minimum absolute atomic E-state index is 0.109. The van der Waals surface area contributed by atoms with Gasteiger partial charge in [-0.2, -0.15) is 0 Å². The van der Waals surface area contributed by atoms with Crippen molar-refractivity contribution in [2.24, 2.45) is 7.05 Å². The largest absolute Gasteiger partial charge is 0.345 e. The number of halogens is 1. The Morgan fingerprint density at radius 2 is 2.05 bits per heavy atom. The molecule has 4 nitrogen and oxygen atoms in total. The molecule has 2 rings (SSSR count). The Morgan fingerprint density at radius 1 is 1.37 bits per heavy atom. The van der Waals surface area contributed by atoms with Crippen molar-refractivity contribution in [3.63, 3.8) is 0 Å². The molecule has 0 unspecified atom stereocenters. The third-order valence-corrected chi connectivity index (χ3v) is 3.41. The van der Waals surface area contributed by atoms with Gasteiger partial charge in [-0.3, -0.25) is 4.79 Å². The zero-order chi connectivity index (χ0) is 13.8. The fourth-order valence-electron chi connectivity index (χ4n) is 1.74. The second-order valence-corrected chi connectivity index (χ2v) is 4.68. The van der Waals surface area contributed by atoms with E-state index < -0.39 is 0 Å². The summed E-state index contributed by atoms with van der Waals surface area (Å²) in [4.78, 5) is 16.1. The highest BCUT2D eigenvalue weighted by molar-refractivity contribution is 6.29. The van der Waals surface area contributed by atoms with E-state index in [1.807, 2.05) is 31.3 Å². The van der Waals surface area contributed by atoms with E-state index in [1.165, 1.54) is 5.56 Å². The fourth-order valence-corrected chi connectivity index (χ4v) is 1.89. The number of aryl methyl sites for hydroxylation is 1. The number of nitrogens with zero attached hydrogens (tertiary/aromatic N) is 2. The van der Waals surface area contributed by atoms with Crippen molar-refractivity contribution in [3.8, 4) is 0 Å². The molecule has 1 aromatic heterocycles. The first kappa shape index (κ1) is 13.6. The van der Waals surface area contributed by atoms with Gasteiger partial charge in [0, 0.05) is 12.6 Å². The normalized spacial score (nSPS) is 10.5. The molecule has 0 radical (unpaired) electrons. The summed E-state index contributed by atoms with van der Waals surface area (Å²) < 4.78 is 1.74. The van der Waals surface area contributed by atoms with Crippen molar-refractivity contribution in [1.29, 1.82) is 0 Å². The molecule has 1 N–H and O–H groups in total. The van der Waals surface area contributed by atoms with Crippen LogP contribution in [0.2, 0.25) is 5.15 Å². The van der Waals surface area contributed by atoms with Crippen molar-refractivity contribution in [1.82, 2.24) is 14.9 Å². The van der Waals surface area contributed by atoms with Gasteiger partial charge in [-0.1, -0.05) is 30.7 Å². The summed E-state index contributed by atoms with van der Waals surface area (Å²) in [7, 11) is 1.81. The maximum Gasteiger partial charge on any atom is 0.251 e. The molecule has 1 heterocycles. The van der Waals surface area contributed by atoms with E-state index >= 15 is 0 Å². The van der Waals surface area contributed by atoms with E-state index in [-0.39, 0.29) is 5.91 Å². The number of nitrogens with one attached hydrogen (secondary N) is 1. The molecule has 0 spiro atoms. The fraction of sp³-hybridized carbons (Fsp3) is 0.286. The van der Waals surface area contributed by atoms with Gasteiger partial charge in [-0.25, -0.2) is 4.98 Å². The first-order chi connectivity index (χ1) is 9.11. The SMILES string of the molecule is CCc1ccc(C(=O)NCc2ncc(Cl)n2C)cc1. The molecule has 100 valence electrons. The van der Waals surface area contributed by atoms with Crippen molar-refractivity contribution in [2.45, 2.75) is 19.9 Å². The first-order valence-corrected chi connectivity index (χ1v) is 6.53. The van der Waals surface area contributed by atoms with E-state index in [1.54, 1.807) is 10.8 Å². The standard InChI is InChI=1S/C14H16ClN3O/c1-3-10-4-6-11(7-5-10)14(19)17-9-13-16-8-12(15)18(13)2/h4-8H,3,9H2,1-2H3,(H,17,19). The second-order valence-electron chi connectivity index (χ2n) is 4.29. The topological polar surface area (TPSA) is 46.9 Å². The van der Waals surface area contributed by atoms with Crippen LogP contribution in [0, 0.1) is 0 Å². The van der Waals surface area contributed by atoms with E-state index in [4.69, 9.17) is 11.6 Å². The lowest BCUT2D eigenvalue weighted by Gasteiger charge is -2.06. The van der Waals surface area contributed by atoms with Crippen LogP contribution < -0.4 is 5.32 Å². The first-order valence-electron chi connectivity index (χ1n) is 6.15. The third-order valence-electron chi connectivity index (χ3n) is 3.06. The number of aromatic nitrogens is 2. The second kappa shape index (κ2) is 5.89. The summed E-state index contributed by atoms with van der Waals surface area (Å²) >= 11 is 5.88. The van der Waals surface area contributed by atoms with Crippen LogP contribution in [-0.4, -0.2) is 15.5 Å². The Labute approximate surface area is 117 Å².